The number of aryl methyl sites for hydroxylation is 1. The standard InChI is InChI=1S/C40H47N3O6S/c1-4-49-38-21-12-11-20-36(38)43(50(46,47)35-24-22-30(2)23-25-35)29-39(44)42(28-32-16-13-19-34(26-32)48-3)37(27-31-14-7-5-8-15-31)40(45)41-33-17-9-6-10-18-33/h5,7-8,11-16,19-26,33,37H,4,6,9-10,17-18,27-29H2,1-3H3,(H,41,45)/t37-/m0/s1. The molecule has 1 aliphatic rings. The Morgan fingerprint density at radius 3 is 2.24 bits per heavy atom. The maximum absolute atomic E-state index is 14.9. The number of amides is 2. The zero-order chi connectivity index (χ0) is 35.5. The smallest absolute Gasteiger partial charge is 0.264 e. The fraction of sp³-hybridized carbons (Fsp3) is 0.350. The molecular formula is C40H47N3O6S. The summed E-state index contributed by atoms with van der Waals surface area (Å²) in [6, 6.07) is 29.3. The van der Waals surface area contributed by atoms with Crippen molar-refractivity contribution in [2.75, 3.05) is 24.6 Å². The lowest BCUT2D eigenvalue weighted by Crippen LogP contribution is -2.55. The van der Waals surface area contributed by atoms with Gasteiger partial charge in [0.05, 0.1) is 24.3 Å². The highest BCUT2D eigenvalue weighted by atomic mass is 32.2. The van der Waals surface area contributed by atoms with Crippen molar-refractivity contribution in [3.05, 3.63) is 120 Å². The molecule has 0 unspecified atom stereocenters. The summed E-state index contributed by atoms with van der Waals surface area (Å²) in [5, 5.41) is 3.25. The molecular weight excluding hydrogens is 651 g/mol. The van der Waals surface area contributed by atoms with Gasteiger partial charge in [0.25, 0.3) is 10.0 Å². The third kappa shape index (κ3) is 9.24. The van der Waals surface area contributed by atoms with E-state index in [1.807, 2.05) is 68.4 Å². The number of nitrogens with one attached hydrogen (secondary N) is 1. The first kappa shape index (κ1) is 36.5. The Kier molecular flexibility index (Phi) is 12.5. The SMILES string of the molecule is CCOc1ccccc1N(CC(=O)N(Cc1cccc(OC)c1)[C@@H](Cc1ccccc1)C(=O)NC1CCCCC1)S(=O)(=O)c1ccc(C)cc1. The molecule has 0 heterocycles. The molecule has 5 rings (SSSR count). The van der Waals surface area contributed by atoms with Crippen LogP contribution in [0, 0.1) is 6.92 Å². The number of carbonyl (C=O) groups is 2. The second-order valence-electron chi connectivity index (χ2n) is 12.6. The number of hydrogen-bond donors (Lipinski definition) is 1. The zero-order valence-corrected chi connectivity index (χ0v) is 29.9. The van der Waals surface area contributed by atoms with E-state index in [9.17, 15) is 18.0 Å². The summed E-state index contributed by atoms with van der Waals surface area (Å²) in [5.74, 6) is 0.137. The minimum Gasteiger partial charge on any atom is -0.497 e. The predicted octanol–water partition coefficient (Wildman–Crippen LogP) is 6.69. The average molecular weight is 698 g/mol. The molecule has 0 aliphatic heterocycles. The first-order chi connectivity index (χ1) is 24.2. The molecule has 0 radical (unpaired) electrons. The lowest BCUT2D eigenvalue weighted by Gasteiger charge is -2.35. The fourth-order valence-corrected chi connectivity index (χ4v) is 7.78. The maximum Gasteiger partial charge on any atom is 0.264 e. The van der Waals surface area contributed by atoms with Crippen molar-refractivity contribution in [1.29, 1.82) is 0 Å². The molecule has 2 amide bonds. The first-order valence-electron chi connectivity index (χ1n) is 17.3. The van der Waals surface area contributed by atoms with Crippen LogP contribution in [0.2, 0.25) is 0 Å². The quantitative estimate of drug-likeness (QED) is 0.149. The van der Waals surface area contributed by atoms with E-state index in [-0.39, 0.29) is 35.5 Å². The molecule has 0 aromatic heterocycles. The van der Waals surface area contributed by atoms with Gasteiger partial charge in [0.15, 0.2) is 0 Å². The number of ether oxygens (including phenoxy) is 2. The van der Waals surface area contributed by atoms with Gasteiger partial charge in [-0.3, -0.25) is 13.9 Å². The van der Waals surface area contributed by atoms with Gasteiger partial charge in [-0.1, -0.05) is 91.6 Å². The van der Waals surface area contributed by atoms with Crippen LogP contribution in [-0.4, -0.2) is 57.5 Å². The largest absolute Gasteiger partial charge is 0.497 e. The van der Waals surface area contributed by atoms with Crippen LogP contribution in [0.3, 0.4) is 0 Å². The number of benzene rings is 4. The maximum atomic E-state index is 14.9. The Balaban J connectivity index is 1.60. The van der Waals surface area contributed by atoms with E-state index >= 15 is 0 Å². The topological polar surface area (TPSA) is 105 Å². The summed E-state index contributed by atoms with van der Waals surface area (Å²) in [7, 11) is -2.70. The molecule has 1 saturated carbocycles. The number of sulfonamides is 1. The summed E-state index contributed by atoms with van der Waals surface area (Å²) >= 11 is 0. The van der Waals surface area contributed by atoms with E-state index in [1.165, 1.54) is 17.0 Å². The van der Waals surface area contributed by atoms with Crippen LogP contribution in [0.25, 0.3) is 0 Å². The van der Waals surface area contributed by atoms with Crippen molar-refractivity contribution >= 4 is 27.5 Å². The first-order valence-corrected chi connectivity index (χ1v) is 18.7. The van der Waals surface area contributed by atoms with Crippen LogP contribution < -0.4 is 19.1 Å². The average Bonchev–Trinajstić information content (AvgIpc) is 3.13. The fourth-order valence-electron chi connectivity index (χ4n) is 6.36. The molecule has 264 valence electrons. The monoisotopic (exact) mass is 697 g/mol. The van der Waals surface area contributed by atoms with Crippen LogP contribution in [-0.2, 0) is 32.6 Å². The van der Waals surface area contributed by atoms with Gasteiger partial charge in [0.2, 0.25) is 11.8 Å². The van der Waals surface area contributed by atoms with Gasteiger partial charge < -0.3 is 19.7 Å². The molecule has 4 aromatic carbocycles. The minimum absolute atomic E-state index is 0.0137. The number of nitrogens with zero attached hydrogens (tertiary/aromatic N) is 2. The number of para-hydroxylation sites is 2. The second kappa shape index (κ2) is 17.2. The summed E-state index contributed by atoms with van der Waals surface area (Å²) in [4.78, 5) is 30.8. The van der Waals surface area contributed by atoms with Gasteiger partial charge in [-0.15, -0.1) is 0 Å². The molecule has 10 heteroatoms. The Morgan fingerprint density at radius 2 is 1.54 bits per heavy atom. The van der Waals surface area contributed by atoms with Crippen molar-refractivity contribution in [3.63, 3.8) is 0 Å². The van der Waals surface area contributed by atoms with Crippen LogP contribution >= 0.6 is 0 Å². The lowest BCUT2D eigenvalue weighted by atomic mass is 9.94. The summed E-state index contributed by atoms with van der Waals surface area (Å²) in [6.07, 6.45) is 5.20. The Morgan fingerprint density at radius 1 is 0.860 bits per heavy atom. The van der Waals surface area contributed by atoms with Gasteiger partial charge in [0.1, 0.15) is 24.1 Å². The molecule has 1 aliphatic carbocycles. The number of rotatable bonds is 15. The molecule has 0 bridgehead atoms. The molecule has 0 saturated heterocycles. The minimum atomic E-state index is -4.27. The van der Waals surface area contributed by atoms with Gasteiger partial charge in [-0.2, -0.15) is 0 Å². The van der Waals surface area contributed by atoms with Crippen LogP contribution in [0.5, 0.6) is 11.5 Å². The predicted molar refractivity (Wildman–Crippen MR) is 196 cm³/mol. The highest BCUT2D eigenvalue weighted by molar-refractivity contribution is 7.92. The third-order valence-electron chi connectivity index (χ3n) is 9.03. The molecule has 4 aromatic rings. The van der Waals surface area contributed by atoms with Crippen LogP contribution in [0.4, 0.5) is 5.69 Å². The molecule has 1 fully saturated rings. The van der Waals surface area contributed by atoms with Crippen molar-refractivity contribution in [2.24, 2.45) is 0 Å². The van der Waals surface area contributed by atoms with E-state index < -0.39 is 28.5 Å². The lowest BCUT2D eigenvalue weighted by molar-refractivity contribution is -0.140. The normalized spacial score (nSPS) is 14.0. The van der Waals surface area contributed by atoms with Gasteiger partial charge in [0, 0.05) is 19.0 Å². The number of methoxy groups -OCH3 is 1. The van der Waals surface area contributed by atoms with Gasteiger partial charge in [-0.25, -0.2) is 8.42 Å². The molecule has 1 atom stereocenters. The summed E-state index contributed by atoms with van der Waals surface area (Å²) in [6.45, 7) is 3.48. The van der Waals surface area contributed by atoms with E-state index in [0.29, 0.717) is 18.1 Å². The summed E-state index contributed by atoms with van der Waals surface area (Å²) < 4.78 is 41.4. The van der Waals surface area contributed by atoms with Crippen molar-refractivity contribution in [2.45, 2.75) is 75.9 Å². The van der Waals surface area contributed by atoms with E-state index in [0.717, 1.165) is 53.1 Å². The zero-order valence-electron chi connectivity index (χ0n) is 29.1. The summed E-state index contributed by atoms with van der Waals surface area (Å²) in [5.41, 5.74) is 2.75. The van der Waals surface area contributed by atoms with E-state index in [4.69, 9.17) is 9.47 Å². The number of carbonyl (C=O) groups excluding carboxylic acids is 2. The Hall–Kier alpha value is -4.83. The second-order valence-corrected chi connectivity index (χ2v) is 14.5. The molecule has 1 N–H and O–H groups in total. The van der Waals surface area contributed by atoms with Crippen LogP contribution in [0.15, 0.2) is 108 Å². The number of hydrogen-bond acceptors (Lipinski definition) is 6. The third-order valence-corrected chi connectivity index (χ3v) is 10.8. The van der Waals surface area contributed by atoms with Gasteiger partial charge >= 0.3 is 0 Å². The van der Waals surface area contributed by atoms with E-state index in [1.54, 1.807) is 43.5 Å². The highest BCUT2D eigenvalue weighted by Crippen LogP contribution is 2.33. The highest BCUT2D eigenvalue weighted by Gasteiger charge is 2.36. The molecule has 50 heavy (non-hydrogen) atoms. The number of anilines is 1. The Bertz CT molecular complexity index is 1830. The van der Waals surface area contributed by atoms with Crippen molar-refractivity contribution in [1.82, 2.24) is 10.2 Å². The molecule has 0 spiro atoms. The molecule has 9 nitrogen and oxygen atoms in total. The van der Waals surface area contributed by atoms with Crippen LogP contribution in [0.1, 0.15) is 55.7 Å². The van der Waals surface area contributed by atoms with Crippen molar-refractivity contribution < 1.29 is 27.5 Å². The Labute approximate surface area is 296 Å². The van der Waals surface area contributed by atoms with Crippen molar-refractivity contribution in [3.8, 4) is 11.5 Å². The van der Waals surface area contributed by atoms with Gasteiger partial charge in [-0.05, 0) is 74.2 Å². The van der Waals surface area contributed by atoms with E-state index in [2.05, 4.69) is 5.32 Å².